The van der Waals surface area contributed by atoms with Crippen molar-refractivity contribution in [3.63, 3.8) is 0 Å². The number of halogens is 3. The standard InChI is InChI=1S/C4H10O3S.3BFH2O2.Li.H/c1-4(2,3)8(5,6)7;3*2-1(3)4;;/h1-3H3,(H,5,6,7);3*3-4H;;. The average molecular weight is 338 g/mol. The van der Waals surface area contributed by atoms with Crippen LogP contribution in [0.15, 0.2) is 0 Å². The molecular weight excluding hydrogens is 320 g/mol. The molecule has 17 heteroatoms. The van der Waals surface area contributed by atoms with Gasteiger partial charge in [0, 0.05) is 0 Å². The molecule has 7 N–H and O–H groups in total. The Morgan fingerprint density at radius 2 is 0.810 bits per heavy atom. The first-order valence-corrected chi connectivity index (χ1v) is 5.86. The van der Waals surface area contributed by atoms with E-state index in [0.717, 1.165) is 0 Å². The third-order valence-corrected chi connectivity index (χ3v) is 2.32. The summed E-state index contributed by atoms with van der Waals surface area (Å²) < 4.78 is 58.0. The van der Waals surface area contributed by atoms with Crippen LogP contribution in [0.1, 0.15) is 20.8 Å². The van der Waals surface area contributed by atoms with Crippen molar-refractivity contribution in [1.82, 2.24) is 0 Å². The Bertz CT molecular complexity index is 277. The molecule has 0 bridgehead atoms. The Morgan fingerprint density at radius 3 is 0.810 bits per heavy atom. The quantitative estimate of drug-likeness (QED) is 0.177. The summed E-state index contributed by atoms with van der Waals surface area (Å²) in [6.45, 7) is 4.30. The Hall–Kier alpha value is 0.252. The maximum atomic E-state index is 10.2. The van der Waals surface area contributed by atoms with Gasteiger partial charge in [-0.15, -0.1) is 0 Å². The molecule has 0 radical (unpaired) electrons. The van der Waals surface area contributed by atoms with Crippen LogP contribution in [0.25, 0.3) is 0 Å². The summed E-state index contributed by atoms with van der Waals surface area (Å²) in [5.41, 5.74) is 0. The van der Waals surface area contributed by atoms with Crippen molar-refractivity contribution < 1.29 is 56.1 Å². The van der Waals surface area contributed by atoms with Crippen LogP contribution in [0.2, 0.25) is 0 Å². The number of hydrogen-bond donors (Lipinski definition) is 7. The maximum absolute atomic E-state index is 10.2. The molecule has 0 saturated carbocycles. The van der Waals surface area contributed by atoms with E-state index in [2.05, 4.69) is 0 Å². The normalized spacial score (nSPS) is 9.19. The van der Waals surface area contributed by atoms with E-state index < -0.39 is 37.1 Å². The first-order valence-electron chi connectivity index (χ1n) is 4.42. The minimum absolute atomic E-state index is 0. The predicted octanol–water partition coefficient (Wildman–Crippen LogP) is -3.20. The summed E-state index contributed by atoms with van der Waals surface area (Å²) in [7, 11) is -11.8. The van der Waals surface area contributed by atoms with Gasteiger partial charge in [0.2, 0.25) is 0 Å². The third kappa shape index (κ3) is 78.8. The molecule has 0 aliphatic heterocycles. The van der Waals surface area contributed by atoms with Crippen molar-refractivity contribution in [2.75, 3.05) is 0 Å². The first-order chi connectivity index (χ1) is 8.45. The first kappa shape index (κ1) is 33.0. The van der Waals surface area contributed by atoms with E-state index in [-0.39, 0.29) is 18.9 Å². The zero-order valence-electron chi connectivity index (χ0n) is 10.7. The van der Waals surface area contributed by atoms with Crippen LogP contribution in [0.3, 0.4) is 0 Å². The molecule has 0 atom stereocenters. The Labute approximate surface area is 133 Å². The molecule has 0 spiro atoms. The van der Waals surface area contributed by atoms with E-state index in [1.165, 1.54) is 20.8 Å². The van der Waals surface area contributed by atoms with Gasteiger partial charge in [-0.3, -0.25) is 17.5 Å². The Balaban J connectivity index is -0.0000000570. The molecular formula is C4H17B3F3LiO9S. The predicted molar refractivity (Wildman–Crippen MR) is 72.3 cm³/mol. The van der Waals surface area contributed by atoms with Crippen LogP contribution >= 0.6 is 0 Å². The SMILES string of the molecule is CC(C)(C)S(=O)(=O)O.OB(O)F.OB(O)F.OB(O)F.[LiH]. The summed E-state index contributed by atoms with van der Waals surface area (Å²) in [6.07, 6.45) is 0. The van der Waals surface area contributed by atoms with Crippen LogP contribution < -0.4 is 0 Å². The summed E-state index contributed by atoms with van der Waals surface area (Å²) in [5, 5.41) is 41.7. The minimum atomic E-state index is -3.84. The molecule has 0 aromatic heterocycles. The average Bonchev–Trinajstić information content (AvgIpc) is 1.94. The van der Waals surface area contributed by atoms with Crippen molar-refractivity contribution in [3.8, 4) is 0 Å². The summed E-state index contributed by atoms with van der Waals surface area (Å²) >= 11 is 0. The number of hydrogen-bond acceptors (Lipinski definition) is 8. The summed E-state index contributed by atoms with van der Waals surface area (Å²) in [5.74, 6) is 0. The van der Waals surface area contributed by atoms with E-state index in [4.69, 9.17) is 34.7 Å². The van der Waals surface area contributed by atoms with Crippen LogP contribution in [-0.2, 0) is 10.1 Å². The van der Waals surface area contributed by atoms with Gasteiger partial charge in [0.15, 0.2) is 0 Å². The molecule has 0 amide bonds. The second-order valence-electron chi connectivity index (χ2n) is 3.52. The van der Waals surface area contributed by atoms with Crippen LogP contribution in [0.4, 0.5) is 12.9 Å². The topological polar surface area (TPSA) is 176 Å². The van der Waals surface area contributed by atoms with Crippen molar-refractivity contribution in [2.45, 2.75) is 25.5 Å². The van der Waals surface area contributed by atoms with Gasteiger partial charge in [0.25, 0.3) is 10.1 Å². The van der Waals surface area contributed by atoms with Crippen molar-refractivity contribution >= 4 is 51.2 Å². The van der Waals surface area contributed by atoms with E-state index in [1.807, 2.05) is 0 Å². The molecule has 0 saturated heterocycles. The van der Waals surface area contributed by atoms with Gasteiger partial charge in [0.1, 0.15) is 0 Å². The second kappa shape index (κ2) is 16.6. The molecule has 0 aliphatic carbocycles. The molecule has 0 fully saturated rings. The molecule has 124 valence electrons. The van der Waals surface area contributed by atoms with Gasteiger partial charge >= 0.3 is 41.0 Å². The fourth-order valence-corrected chi connectivity index (χ4v) is 0. The monoisotopic (exact) mass is 338 g/mol. The second-order valence-corrected chi connectivity index (χ2v) is 5.69. The van der Waals surface area contributed by atoms with Crippen LogP contribution in [0, 0.1) is 0 Å². The number of rotatable bonds is 0. The fourth-order valence-electron chi connectivity index (χ4n) is 0. The van der Waals surface area contributed by atoms with E-state index in [9.17, 15) is 21.4 Å². The fraction of sp³-hybridized carbons (Fsp3) is 1.00. The van der Waals surface area contributed by atoms with Crippen molar-refractivity contribution in [1.29, 1.82) is 0 Å². The van der Waals surface area contributed by atoms with Crippen LogP contribution in [0.5, 0.6) is 0 Å². The zero-order valence-corrected chi connectivity index (χ0v) is 11.5. The molecule has 9 nitrogen and oxygen atoms in total. The third-order valence-electron chi connectivity index (χ3n) is 0.774. The van der Waals surface area contributed by atoms with Gasteiger partial charge in [-0.05, 0) is 20.8 Å². The Kier molecular flexibility index (Phi) is 26.1. The van der Waals surface area contributed by atoms with Gasteiger partial charge in [-0.25, -0.2) is 0 Å². The molecule has 21 heavy (non-hydrogen) atoms. The van der Waals surface area contributed by atoms with Gasteiger partial charge in [-0.1, -0.05) is 0 Å². The van der Waals surface area contributed by atoms with E-state index >= 15 is 0 Å². The molecule has 0 aliphatic rings. The van der Waals surface area contributed by atoms with Gasteiger partial charge in [0.05, 0.1) is 4.75 Å². The Morgan fingerprint density at radius 1 is 0.762 bits per heavy atom. The molecule has 0 aromatic rings. The van der Waals surface area contributed by atoms with E-state index in [1.54, 1.807) is 0 Å². The van der Waals surface area contributed by atoms with Gasteiger partial charge < -0.3 is 30.1 Å². The van der Waals surface area contributed by atoms with Crippen LogP contribution in [-0.4, -0.2) is 88.9 Å². The summed E-state index contributed by atoms with van der Waals surface area (Å²) in [4.78, 5) is 0. The van der Waals surface area contributed by atoms with E-state index in [0.29, 0.717) is 0 Å². The summed E-state index contributed by atoms with van der Waals surface area (Å²) in [6, 6.07) is 0. The molecule has 0 unspecified atom stereocenters. The molecule has 0 rings (SSSR count). The molecule has 0 heterocycles. The van der Waals surface area contributed by atoms with Crippen molar-refractivity contribution in [2.24, 2.45) is 0 Å². The van der Waals surface area contributed by atoms with Gasteiger partial charge in [-0.2, -0.15) is 8.42 Å². The zero-order chi connectivity index (χ0) is 17.7. The van der Waals surface area contributed by atoms with Crippen molar-refractivity contribution in [3.05, 3.63) is 0 Å². The molecule has 0 aromatic carbocycles.